The summed E-state index contributed by atoms with van der Waals surface area (Å²) in [6, 6.07) is 4.76. The van der Waals surface area contributed by atoms with Crippen molar-refractivity contribution in [2.75, 3.05) is 6.61 Å². The molecule has 0 aromatic heterocycles. The molecule has 2 nitrogen and oxygen atoms in total. The van der Waals surface area contributed by atoms with Crippen LogP contribution in [0.5, 0.6) is 0 Å². The van der Waals surface area contributed by atoms with Crippen molar-refractivity contribution in [1.29, 1.82) is 0 Å². The van der Waals surface area contributed by atoms with E-state index in [1.165, 1.54) is 12.1 Å². The van der Waals surface area contributed by atoms with Crippen LogP contribution >= 0.6 is 0 Å². The van der Waals surface area contributed by atoms with Crippen molar-refractivity contribution >= 4 is 0 Å². The lowest BCUT2D eigenvalue weighted by atomic mass is 10.0. The molecule has 94 valence electrons. The van der Waals surface area contributed by atoms with Gasteiger partial charge in [0.15, 0.2) is 0 Å². The Hall–Kier alpha value is -1.07. The highest BCUT2D eigenvalue weighted by atomic mass is 19.4. The molecule has 1 aromatic rings. The van der Waals surface area contributed by atoms with Crippen molar-refractivity contribution in [2.45, 2.75) is 31.2 Å². The average molecular weight is 246 g/mol. The molecule has 1 saturated heterocycles. The molecule has 2 rings (SSSR count). The number of hydrogen-bond acceptors (Lipinski definition) is 2. The number of halogens is 3. The normalized spacial score (nSPS) is 22.7. The van der Waals surface area contributed by atoms with Crippen LogP contribution in [0.15, 0.2) is 24.3 Å². The Morgan fingerprint density at radius 2 is 2.12 bits per heavy atom. The van der Waals surface area contributed by atoms with Crippen molar-refractivity contribution < 1.29 is 23.0 Å². The lowest BCUT2D eigenvalue weighted by Crippen LogP contribution is -2.17. The van der Waals surface area contributed by atoms with E-state index in [9.17, 15) is 18.3 Å². The highest BCUT2D eigenvalue weighted by Crippen LogP contribution is 2.33. The summed E-state index contributed by atoms with van der Waals surface area (Å²) in [5, 5.41) is 9.92. The lowest BCUT2D eigenvalue weighted by molar-refractivity contribution is -0.137. The Morgan fingerprint density at radius 1 is 1.35 bits per heavy atom. The maximum Gasteiger partial charge on any atom is 0.416 e. The minimum Gasteiger partial charge on any atom is -0.386 e. The largest absolute Gasteiger partial charge is 0.416 e. The predicted octanol–water partition coefficient (Wildman–Crippen LogP) is 2.92. The molecule has 0 bridgehead atoms. The van der Waals surface area contributed by atoms with E-state index < -0.39 is 23.9 Å². The van der Waals surface area contributed by atoms with E-state index in [0.717, 1.165) is 18.6 Å². The Morgan fingerprint density at radius 3 is 2.71 bits per heavy atom. The zero-order chi connectivity index (χ0) is 12.5. The Balaban J connectivity index is 2.20. The molecular formula is C12H13F3O2. The van der Waals surface area contributed by atoms with Crippen LogP contribution < -0.4 is 0 Å². The van der Waals surface area contributed by atoms with Crippen LogP contribution in [-0.2, 0) is 10.9 Å². The monoisotopic (exact) mass is 246 g/mol. The van der Waals surface area contributed by atoms with Crippen LogP contribution in [-0.4, -0.2) is 17.8 Å². The van der Waals surface area contributed by atoms with Gasteiger partial charge >= 0.3 is 6.18 Å². The molecule has 0 aliphatic carbocycles. The zero-order valence-corrected chi connectivity index (χ0v) is 9.07. The minimum absolute atomic E-state index is 0.256. The first kappa shape index (κ1) is 12.4. The molecule has 2 unspecified atom stereocenters. The second-order valence-electron chi connectivity index (χ2n) is 4.12. The lowest BCUT2D eigenvalue weighted by Gasteiger charge is -2.18. The molecule has 2 atom stereocenters. The Kier molecular flexibility index (Phi) is 3.40. The second-order valence-corrected chi connectivity index (χ2v) is 4.12. The Labute approximate surface area is 97.0 Å². The predicted molar refractivity (Wildman–Crippen MR) is 55.4 cm³/mol. The van der Waals surface area contributed by atoms with Crippen LogP contribution in [0, 0.1) is 0 Å². The number of benzene rings is 1. The molecular weight excluding hydrogens is 233 g/mol. The molecule has 0 radical (unpaired) electrons. The number of hydrogen-bond donors (Lipinski definition) is 1. The maximum atomic E-state index is 12.5. The molecule has 1 N–H and O–H groups in total. The molecule has 5 heteroatoms. The van der Waals surface area contributed by atoms with Crippen LogP contribution in [0.1, 0.15) is 30.1 Å². The van der Waals surface area contributed by atoms with Gasteiger partial charge in [0, 0.05) is 6.61 Å². The van der Waals surface area contributed by atoms with Crippen LogP contribution in [0.3, 0.4) is 0 Å². The van der Waals surface area contributed by atoms with Crippen LogP contribution in [0.25, 0.3) is 0 Å². The summed E-state index contributed by atoms with van der Waals surface area (Å²) in [6.07, 6.45) is -4.25. The van der Waals surface area contributed by atoms with Crippen molar-refractivity contribution in [3.63, 3.8) is 0 Å². The van der Waals surface area contributed by atoms with Gasteiger partial charge in [-0.05, 0) is 30.5 Å². The van der Waals surface area contributed by atoms with Crippen LogP contribution in [0.4, 0.5) is 13.2 Å². The maximum absolute atomic E-state index is 12.5. The van der Waals surface area contributed by atoms with Gasteiger partial charge in [-0.2, -0.15) is 13.2 Å². The van der Waals surface area contributed by atoms with E-state index in [2.05, 4.69) is 0 Å². The first-order valence-electron chi connectivity index (χ1n) is 5.45. The summed E-state index contributed by atoms with van der Waals surface area (Å²) < 4.78 is 42.8. The van der Waals surface area contributed by atoms with E-state index >= 15 is 0 Å². The van der Waals surface area contributed by atoms with Crippen molar-refractivity contribution in [3.05, 3.63) is 35.4 Å². The Bertz CT molecular complexity index is 384. The van der Waals surface area contributed by atoms with Crippen molar-refractivity contribution in [3.8, 4) is 0 Å². The average Bonchev–Trinajstić information content (AvgIpc) is 2.80. The quantitative estimate of drug-likeness (QED) is 0.869. The summed E-state index contributed by atoms with van der Waals surface area (Å²) >= 11 is 0. The standard InChI is InChI=1S/C12H13F3O2/c13-12(14,15)9-4-1-3-8(7-9)11(16)10-5-2-6-17-10/h1,3-4,7,10-11,16H,2,5-6H2. The van der Waals surface area contributed by atoms with Gasteiger partial charge in [0.05, 0.1) is 11.7 Å². The van der Waals surface area contributed by atoms with E-state index in [0.29, 0.717) is 13.0 Å². The fraction of sp³-hybridized carbons (Fsp3) is 0.500. The van der Waals surface area contributed by atoms with Gasteiger partial charge in [-0.15, -0.1) is 0 Å². The second kappa shape index (κ2) is 4.66. The van der Waals surface area contributed by atoms with Gasteiger partial charge in [-0.1, -0.05) is 12.1 Å². The van der Waals surface area contributed by atoms with Crippen LogP contribution in [0.2, 0.25) is 0 Å². The topological polar surface area (TPSA) is 29.5 Å². The van der Waals surface area contributed by atoms with E-state index in [4.69, 9.17) is 4.74 Å². The minimum atomic E-state index is -4.38. The highest BCUT2D eigenvalue weighted by Gasteiger charge is 2.32. The van der Waals surface area contributed by atoms with E-state index in [-0.39, 0.29) is 5.56 Å². The van der Waals surface area contributed by atoms with Crippen molar-refractivity contribution in [1.82, 2.24) is 0 Å². The summed E-state index contributed by atoms with van der Waals surface area (Å²) in [6.45, 7) is 0.556. The summed E-state index contributed by atoms with van der Waals surface area (Å²) in [5.74, 6) is 0. The number of aliphatic hydroxyl groups is 1. The molecule has 0 spiro atoms. The highest BCUT2D eigenvalue weighted by molar-refractivity contribution is 5.27. The molecule has 1 aliphatic rings. The molecule has 1 aromatic carbocycles. The number of aliphatic hydroxyl groups excluding tert-OH is 1. The van der Waals surface area contributed by atoms with E-state index in [1.54, 1.807) is 0 Å². The molecule has 17 heavy (non-hydrogen) atoms. The molecule has 1 heterocycles. The van der Waals surface area contributed by atoms with Crippen molar-refractivity contribution in [2.24, 2.45) is 0 Å². The fourth-order valence-electron chi connectivity index (χ4n) is 1.97. The van der Waals surface area contributed by atoms with Gasteiger partial charge in [-0.25, -0.2) is 0 Å². The fourth-order valence-corrected chi connectivity index (χ4v) is 1.97. The number of ether oxygens (including phenoxy) is 1. The van der Waals surface area contributed by atoms with Gasteiger partial charge in [-0.3, -0.25) is 0 Å². The summed E-state index contributed by atoms with van der Waals surface area (Å²) in [7, 11) is 0. The first-order valence-corrected chi connectivity index (χ1v) is 5.45. The third kappa shape index (κ3) is 2.79. The molecule has 0 amide bonds. The first-order chi connectivity index (χ1) is 7.98. The van der Waals surface area contributed by atoms with Gasteiger partial charge in [0.1, 0.15) is 6.10 Å². The molecule has 0 saturated carbocycles. The molecule has 1 aliphatic heterocycles. The SMILES string of the molecule is OC(c1cccc(C(F)(F)F)c1)C1CCCO1. The zero-order valence-electron chi connectivity index (χ0n) is 9.07. The van der Waals surface area contributed by atoms with E-state index in [1.807, 2.05) is 0 Å². The smallest absolute Gasteiger partial charge is 0.386 e. The van der Waals surface area contributed by atoms with Gasteiger partial charge < -0.3 is 9.84 Å². The summed E-state index contributed by atoms with van der Waals surface area (Å²) in [4.78, 5) is 0. The summed E-state index contributed by atoms with van der Waals surface area (Å²) in [5.41, 5.74) is -0.487. The number of rotatable bonds is 2. The third-order valence-electron chi connectivity index (χ3n) is 2.87. The molecule has 1 fully saturated rings. The van der Waals surface area contributed by atoms with Gasteiger partial charge in [0.2, 0.25) is 0 Å². The number of alkyl halides is 3. The third-order valence-corrected chi connectivity index (χ3v) is 2.87. The van der Waals surface area contributed by atoms with Gasteiger partial charge in [0.25, 0.3) is 0 Å².